The fourth-order valence-electron chi connectivity index (χ4n) is 1.89. The monoisotopic (exact) mass is 278 g/mol. The number of hydrogen-bond acceptors (Lipinski definition) is 3. The zero-order chi connectivity index (χ0) is 15.1. The number of carbonyl (C=O) groups is 2. The molecule has 0 saturated heterocycles. The fraction of sp³-hybridized carbons (Fsp3) is 0.500. The minimum atomic E-state index is -0.970. The third-order valence-electron chi connectivity index (χ3n) is 3.15. The second kappa shape index (κ2) is 7.68. The van der Waals surface area contributed by atoms with Gasteiger partial charge >= 0.3 is 11.9 Å². The highest BCUT2D eigenvalue weighted by Crippen LogP contribution is 2.20. The highest BCUT2D eigenvalue weighted by molar-refractivity contribution is 5.81. The first kappa shape index (κ1) is 16.2. The lowest BCUT2D eigenvalue weighted by atomic mass is 9.88. The standard InChI is InChI=1S/C16H22O4/c1-11(2)10-20-16(19)12(3)14(15(17)18)9-13-7-5-4-6-8-13/h4-8,11-12,14H,9-10H2,1-3H3,(H,17,18)/t12-,14+/m0/s1. The van der Waals surface area contributed by atoms with E-state index in [0.29, 0.717) is 13.0 Å². The van der Waals surface area contributed by atoms with Gasteiger partial charge in [0, 0.05) is 0 Å². The summed E-state index contributed by atoms with van der Waals surface area (Å²) in [5.41, 5.74) is 0.906. The minimum absolute atomic E-state index is 0.239. The van der Waals surface area contributed by atoms with E-state index in [1.807, 2.05) is 44.2 Å². The van der Waals surface area contributed by atoms with Crippen LogP contribution in [0.1, 0.15) is 26.3 Å². The Balaban J connectivity index is 2.70. The molecular weight excluding hydrogens is 256 g/mol. The van der Waals surface area contributed by atoms with Crippen molar-refractivity contribution in [2.75, 3.05) is 6.61 Å². The molecule has 0 saturated carbocycles. The Morgan fingerprint density at radius 1 is 1.15 bits per heavy atom. The molecule has 4 nitrogen and oxygen atoms in total. The van der Waals surface area contributed by atoms with Gasteiger partial charge < -0.3 is 9.84 Å². The summed E-state index contributed by atoms with van der Waals surface area (Å²) in [6.45, 7) is 5.82. The van der Waals surface area contributed by atoms with Crippen LogP contribution in [0.5, 0.6) is 0 Å². The van der Waals surface area contributed by atoms with Gasteiger partial charge in [0.05, 0.1) is 18.4 Å². The van der Waals surface area contributed by atoms with Crippen LogP contribution in [0.4, 0.5) is 0 Å². The third-order valence-corrected chi connectivity index (χ3v) is 3.15. The zero-order valence-corrected chi connectivity index (χ0v) is 12.2. The normalized spacial score (nSPS) is 13.8. The first-order valence-corrected chi connectivity index (χ1v) is 6.85. The molecule has 4 heteroatoms. The maximum atomic E-state index is 11.9. The number of rotatable bonds is 7. The molecule has 1 rings (SSSR count). The van der Waals surface area contributed by atoms with Crippen LogP contribution in [0.25, 0.3) is 0 Å². The molecule has 0 spiro atoms. The smallest absolute Gasteiger partial charge is 0.309 e. The van der Waals surface area contributed by atoms with Crippen molar-refractivity contribution in [3.8, 4) is 0 Å². The van der Waals surface area contributed by atoms with E-state index in [0.717, 1.165) is 5.56 Å². The molecule has 0 fully saturated rings. The van der Waals surface area contributed by atoms with Gasteiger partial charge in [-0.2, -0.15) is 0 Å². The summed E-state index contributed by atoms with van der Waals surface area (Å²) in [7, 11) is 0. The molecule has 1 aromatic rings. The average Bonchev–Trinajstić information content (AvgIpc) is 2.42. The summed E-state index contributed by atoms with van der Waals surface area (Å²) in [6.07, 6.45) is 0.327. The lowest BCUT2D eigenvalue weighted by molar-refractivity contribution is -0.157. The molecule has 0 amide bonds. The fourth-order valence-corrected chi connectivity index (χ4v) is 1.89. The molecule has 0 aromatic heterocycles. The minimum Gasteiger partial charge on any atom is -0.481 e. The Hall–Kier alpha value is -1.84. The SMILES string of the molecule is CC(C)COC(=O)[C@@H](C)[C@@H](Cc1ccccc1)C(=O)O. The predicted molar refractivity (Wildman–Crippen MR) is 76.2 cm³/mol. The second-order valence-electron chi connectivity index (χ2n) is 5.45. The Morgan fingerprint density at radius 3 is 2.25 bits per heavy atom. The number of esters is 1. The summed E-state index contributed by atoms with van der Waals surface area (Å²) in [6, 6.07) is 9.32. The van der Waals surface area contributed by atoms with Gasteiger partial charge in [0.25, 0.3) is 0 Å². The highest BCUT2D eigenvalue weighted by Gasteiger charge is 2.31. The molecular formula is C16H22O4. The van der Waals surface area contributed by atoms with Gasteiger partial charge in [0.2, 0.25) is 0 Å². The number of carboxylic acid groups (broad SMARTS) is 1. The van der Waals surface area contributed by atoms with Gasteiger partial charge in [0.1, 0.15) is 0 Å². The lowest BCUT2D eigenvalue weighted by Gasteiger charge is -2.19. The first-order valence-electron chi connectivity index (χ1n) is 6.85. The summed E-state index contributed by atoms with van der Waals surface area (Å²) in [4.78, 5) is 23.3. The van der Waals surface area contributed by atoms with Crippen LogP contribution in [0.15, 0.2) is 30.3 Å². The van der Waals surface area contributed by atoms with Crippen molar-refractivity contribution in [1.29, 1.82) is 0 Å². The van der Waals surface area contributed by atoms with E-state index in [9.17, 15) is 14.7 Å². The van der Waals surface area contributed by atoms with Crippen molar-refractivity contribution in [2.45, 2.75) is 27.2 Å². The number of ether oxygens (including phenoxy) is 1. The molecule has 0 unspecified atom stereocenters. The van der Waals surface area contributed by atoms with Gasteiger partial charge in [0.15, 0.2) is 0 Å². The molecule has 0 aliphatic carbocycles. The lowest BCUT2D eigenvalue weighted by Crippen LogP contribution is -2.31. The van der Waals surface area contributed by atoms with Crippen LogP contribution < -0.4 is 0 Å². The Labute approximate surface area is 119 Å². The summed E-state index contributed by atoms with van der Waals surface area (Å²) >= 11 is 0. The van der Waals surface area contributed by atoms with Gasteiger partial charge in [-0.15, -0.1) is 0 Å². The van der Waals surface area contributed by atoms with Gasteiger partial charge in [-0.3, -0.25) is 9.59 Å². The molecule has 0 radical (unpaired) electrons. The van der Waals surface area contributed by atoms with E-state index < -0.39 is 23.8 Å². The van der Waals surface area contributed by atoms with E-state index in [4.69, 9.17) is 4.74 Å². The summed E-state index contributed by atoms with van der Waals surface area (Å²) in [5, 5.41) is 9.32. The van der Waals surface area contributed by atoms with Crippen molar-refractivity contribution in [3.63, 3.8) is 0 Å². The van der Waals surface area contributed by atoms with Crippen molar-refractivity contribution in [3.05, 3.63) is 35.9 Å². The van der Waals surface area contributed by atoms with Crippen LogP contribution in [-0.2, 0) is 20.7 Å². The van der Waals surface area contributed by atoms with Crippen LogP contribution in [0.3, 0.4) is 0 Å². The van der Waals surface area contributed by atoms with Gasteiger partial charge in [-0.1, -0.05) is 51.1 Å². The van der Waals surface area contributed by atoms with E-state index in [1.165, 1.54) is 0 Å². The van der Waals surface area contributed by atoms with Crippen LogP contribution in [0.2, 0.25) is 0 Å². The molecule has 1 aromatic carbocycles. The van der Waals surface area contributed by atoms with Crippen LogP contribution >= 0.6 is 0 Å². The molecule has 20 heavy (non-hydrogen) atoms. The molecule has 0 bridgehead atoms. The Kier molecular flexibility index (Phi) is 6.22. The van der Waals surface area contributed by atoms with Crippen molar-refractivity contribution < 1.29 is 19.4 Å². The topological polar surface area (TPSA) is 63.6 Å². The van der Waals surface area contributed by atoms with Crippen molar-refractivity contribution in [2.24, 2.45) is 17.8 Å². The number of benzene rings is 1. The molecule has 0 aliphatic rings. The highest BCUT2D eigenvalue weighted by atomic mass is 16.5. The number of aliphatic carboxylic acids is 1. The number of carbonyl (C=O) groups excluding carboxylic acids is 1. The van der Waals surface area contributed by atoms with Crippen LogP contribution in [0, 0.1) is 17.8 Å². The average molecular weight is 278 g/mol. The Morgan fingerprint density at radius 2 is 1.75 bits per heavy atom. The molecule has 2 atom stereocenters. The quantitative estimate of drug-likeness (QED) is 0.779. The first-order chi connectivity index (χ1) is 9.41. The Bertz CT molecular complexity index is 439. The van der Waals surface area contributed by atoms with Crippen molar-refractivity contribution in [1.82, 2.24) is 0 Å². The van der Waals surface area contributed by atoms with E-state index in [-0.39, 0.29) is 5.92 Å². The largest absolute Gasteiger partial charge is 0.481 e. The maximum absolute atomic E-state index is 11.9. The van der Waals surface area contributed by atoms with E-state index in [2.05, 4.69) is 0 Å². The van der Waals surface area contributed by atoms with Gasteiger partial charge in [-0.05, 0) is 17.9 Å². The van der Waals surface area contributed by atoms with E-state index in [1.54, 1.807) is 6.92 Å². The maximum Gasteiger partial charge on any atom is 0.309 e. The van der Waals surface area contributed by atoms with Crippen LogP contribution in [-0.4, -0.2) is 23.7 Å². The second-order valence-corrected chi connectivity index (χ2v) is 5.45. The molecule has 0 aliphatic heterocycles. The molecule has 1 N–H and O–H groups in total. The van der Waals surface area contributed by atoms with Gasteiger partial charge in [-0.25, -0.2) is 0 Å². The van der Waals surface area contributed by atoms with E-state index >= 15 is 0 Å². The molecule has 110 valence electrons. The third kappa shape index (κ3) is 5.03. The summed E-state index contributed by atoms with van der Waals surface area (Å²) < 4.78 is 5.13. The number of hydrogen-bond donors (Lipinski definition) is 1. The summed E-state index contributed by atoms with van der Waals surface area (Å²) in [5.74, 6) is -2.60. The number of carboxylic acids is 1. The van der Waals surface area contributed by atoms with Crippen molar-refractivity contribution >= 4 is 11.9 Å². The predicted octanol–water partition coefficient (Wildman–Crippen LogP) is 2.77. The zero-order valence-electron chi connectivity index (χ0n) is 12.2. The molecule has 0 heterocycles.